The van der Waals surface area contributed by atoms with Crippen molar-refractivity contribution in [2.24, 2.45) is 0 Å². The maximum Gasteiger partial charge on any atom is 0.123 e. The summed E-state index contributed by atoms with van der Waals surface area (Å²) in [6, 6.07) is 6.43. The molecule has 0 amide bonds. The molecule has 1 aliphatic rings. The number of rotatable bonds is 5. The average Bonchev–Trinajstić information content (AvgIpc) is 2.43. The Bertz CT molecular complexity index is 476. The quantitative estimate of drug-likeness (QED) is 0.897. The monoisotopic (exact) mass is 310 g/mol. The molecule has 1 aromatic rings. The number of halogens is 1. The molecule has 0 aliphatic carbocycles. The Morgan fingerprint density at radius 3 is 2.86 bits per heavy atom. The summed E-state index contributed by atoms with van der Waals surface area (Å²) in [6.45, 7) is 9.78. The van der Waals surface area contributed by atoms with Gasteiger partial charge in [-0.15, -0.1) is 0 Å². The van der Waals surface area contributed by atoms with Gasteiger partial charge in [0.2, 0.25) is 0 Å². The van der Waals surface area contributed by atoms with Crippen LogP contribution in [0.3, 0.4) is 0 Å². The summed E-state index contributed by atoms with van der Waals surface area (Å²) in [5.41, 5.74) is 1.30. The van der Waals surface area contributed by atoms with Crippen molar-refractivity contribution in [3.05, 3.63) is 28.8 Å². The standard InChI is InChI=1S/C17H27ClN2O/c1-5-6-15-11-20(17(2,3)12-19-15)10-13-9-14(18)7-8-16(13)21-4/h7-9,15,19H,5-6,10-12H2,1-4H3. The average molecular weight is 311 g/mol. The number of hydrogen-bond acceptors (Lipinski definition) is 3. The van der Waals surface area contributed by atoms with Crippen molar-refractivity contribution in [3.63, 3.8) is 0 Å². The van der Waals surface area contributed by atoms with Crippen molar-refractivity contribution < 1.29 is 4.74 Å². The van der Waals surface area contributed by atoms with Gasteiger partial charge in [-0.2, -0.15) is 0 Å². The molecule has 1 atom stereocenters. The van der Waals surface area contributed by atoms with E-state index >= 15 is 0 Å². The first-order valence-electron chi connectivity index (χ1n) is 7.77. The highest BCUT2D eigenvalue weighted by Crippen LogP contribution is 2.28. The topological polar surface area (TPSA) is 24.5 Å². The molecule has 1 saturated heterocycles. The van der Waals surface area contributed by atoms with E-state index in [1.54, 1.807) is 7.11 Å². The van der Waals surface area contributed by atoms with Crippen molar-refractivity contribution in [1.29, 1.82) is 0 Å². The Hall–Kier alpha value is -0.770. The molecule has 1 unspecified atom stereocenters. The summed E-state index contributed by atoms with van der Waals surface area (Å²) in [6.07, 6.45) is 2.44. The van der Waals surface area contributed by atoms with Crippen molar-refractivity contribution in [2.75, 3.05) is 20.2 Å². The molecule has 21 heavy (non-hydrogen) atoms. The molecule has 1 aliphatic heterocycles. The smallest absolute Gasteiger partial charge is 0.123 e. The number of benzene rings is 1. The fourth-order valence-corrected chi connectivity index (χ4v) is 3.18. The summed E-state index contributed by atoms with van der Waals surface area (Å²) in [7, 11) is 1.72. The third-order valence-electron chi connectivity index (χ3n) is 4.36. The van der Waals surface area contributed by atoms with E-state index in [4.69, 9.17) is 16.3 Å². The van der Waals surface area contributed by atoms with Crippen LogP contribution in [0, 0.1) is 0 Å². The lowest BCUT2D eigenvalue weighted by Gasteiger charge is -2.46. The van der Waals surface area contributed by atoms with Gasteiger partial charge in [0.1, 0.15) is 5.75 Å². The zero-order valence-electron chi connectivity index (χ0n) is 13.6. The molecule has 0 aromatic heterocycles. The van der Waals surface area contributed by atoms with Gasteiger partial charge in [0.15, 0.2) is 0 Å². The van der Waals surface area contributed by atoms with E-state index in [0.29, 0.717) is 6.04 Å². The first-order chi connectivity index (χ1) is 9.96. The maximum atomic E-state index is 6.15. The Kier molecular flexibility index (Phi) is 5.53. The van der Waals surface area contributed by atoms with E-state index < -0.39 is 0 Å². The predicted molar refractivity (Wildman–Crippen MR) is 89.2 cm³/mol. The molecular formula is C17H27ClN2O. The van der Waals surface area contributed by atoms with Crippen LogP contribution in [0.2, 0.25) is 5.02 Å². The van der Waals surface area contributed by atoms with Crippen LogP contribution in [0.15, 0.2) is 18.2 Å². The molecular weight excluding hydrogens is 284 g/mol. The van der Waals surface area contributed by atoms with Gasteiger partial charge >= 0.3 is 0 Å². The molecule has 2 rings (SSSR count). The van der Waals surface area contributed by atoms with Gasteiger partial charge in [0.05, 0.1) is 7.11 Å². The number of piperazine rings is 1. The van der Waals surface area contributed by atoms with Crippen LogP contribution in [0.5, 0.6) is 5.75 Å². The molecule has 118 valence electrons. The second-order valence-corrected chi connectivity index (χ2v) is 6.95. The van der Waals surface area contributed by atoms with E-state index in [2.05, 4.69) is 31.0 Å². The first-order valence-corrected chi connectivity index (χ1v) is 8.15. The molecule has 0 bridgehead atoms. The number of nitrogens with zero attached hydrogens (tertiary/aromatic N) is 1. The lowest BCUT2D eigenvalue weighted by Crippen LogP contribution is -2.61. The Morgan fingerprint density at radius 2 is 2.19 bits per heavy atom. The van der Waals surface area contributed by atoms with Gasteiger partial charge < -0.3 is 10.1 Å². The van der Waals surface area contributed by atoms with Crippen LogP contribution in [-0.4, -0.2) is 36.7 Å². The van der Waals surface area contributed by atoms with Crippen molar-refractivity contribution in [1.82, 2.24) is 10.2 Å². The van der Waals surface area contributed by atoms with Crippen LogP contribution >= 0.6 is 11.6 Å². The first kappa shape index (κ1) is 16.6. The molecule has 0 radical (unpaired) electrons. The lowest BCUT2D eigenvalue weighted by molar-refractivity contribution is 0.0557. The fourth-order valence-electron chi connectivity index (χ4n) is 2.98. The van der Waals surface area contributed by atoms with Gasteiger partial charge in [0, 0.05) is 41.8 Å². The number of nitrogens with one attached hydrogen (secondary N) is 1. The Labute approximate surface area is 133 Å². The fraction of sp³-hybridized carbons (Fsp3) is 0.647. The van der Waals surface area contributed by atoms with Gasteiger partial charge in [-0.1, -0.05) is 24.9 Å². The molecule has 0 spiro atoms. The summed E-state index contributed by atoms with van der Waals surface area (Å²) >= 11 is 6.15. The van der Waals surface area contributed by atoms with E-state index in [9.17, 15) is 0 Å². The minimum atomic E-state index is 0.136. The molecule has 1 heterocycles. The summed E-state index contributed by atoms with van der Waals surface area (Å²) in [5, 5.41) is 4.43. The lowest BCUT2D eigenvalue weighted by atomic mass is 9.95. The van der Waals surface area contributed by atoms with Gasteiger partial charge in [-0.05, 0) is 38.5 Å². The van der Waals surface area contributed by atoms with Crippen LogP contribution in [0.4, 0.5) is 0 Å². The van der Waals surface area contributed by atoms with Gasteiger partial charge in [-0.25, -0.2) is 0 Å². The van der Waals surface area contributed by atoms with Crippen molar-refractivity contribution in [3.8, 4) is 5.75 Å². The van der Waals surface area contributed by atoms with Gasteiger partial charge in [-0.3, -0.25) is 4.90 Å². The van der Waals surface area contributed by atoms with E-state index in [0.717, 1.165) is 36.0 Å². The minimum Gasteiger partial charge on any atom is -0.496 e. The van der Waals surface area contributed by atoms with E-state index in [1.165, 1.54) is 12.8 Å². The predicted octanol–water partition coefficient (Wildman–Crippen LogP) is 3.70. The molecule has 0 saturated carbocycles. The summed E-state index contributed by atoms with van der Waals surface area (Å²) in [4.78, 5) is 2.54. The second-order valence-electron chi connectivity index (χ2n) is 6.52. The van der Waals surface area contributed by atoms with Crippen LogP contribution in [0.1, 0.15) is 39.2 Å². The van der Waals surface area contributed by atoms with Gasteiger partial charge in [0.25, 0.3) is 0 Å². The highest BCUT2D eigenvalue weighted by Gasteiger charge is 2.33. The highest BCUT2D eigenvalue weighted by atomic mass is 35.5. The number of methoxy groups -OCH3 is 1. The minimum absolute atomic E-state index is 0.136. The summed E-state index contributed by atoms with van der Waals surface area (Å²) in [5.74, 6) is 0.917. The van der Waals surface area contributed by atoms with Crippen LogP contribution < -0.4 is 10.1 Å². The molecule has 4 heteroatoms. The van der Waals surface area contributed by atoms with Crippen LogP contribution in [0.25, 0.3) is 0 Å². The zero-order valence-corrected chi connectivity index (χ0v) is 14.3. The maximum absolute atomic E-state index is 6.15. The zero-order chi connectivity index (χ0) is 15.5. The Balaban J connectivity index is 2.17. The number of hydrogen-bond donors (Lipinski definition) is 1. The number of ether oxygens (including phenoxy) is 1. The van der Waals surface area contributed by atoms with Crippen molar-refractivity contribution in [2.45, 2.75) is 51.7 Å². The van der Waals surface area contributed by atoms with Crippen LogP contribution in [-0.2, 0) is 6.54 Å². The normalized spacial score (nSPS) is 22.2. The largest absolute Gasteiger partial charge is 0.496 e. The van der Waals surface area contributed by atoms with E-state index in [1.807, 2.05) is 18.2 Å². The highest BCUT2D eigenvalue weighted by molar-refractivity contribution is 6.30. The molecule has 1 fully saturated rings. The second kappa shape index (κ2) is 6.99. The SMILES string of the molecule is CCCC1CN(Cc2cc(Cl)ccc2OC)C(C)(C)CN1. The summed E-state index contributed by atoms with van der Waals surface area (Å²) < 4.78 is 5.48. The third kappa shape index (κ3) is 4.12. The Morgan fingerprint density at radius 1 is 1.43 bits per heavy atom. The molecule has 1 aromatic carbocycles. The third-order valence-corrected chi connectivity index (χ3v) is 4.60. The molecule has 1 N–H and O–H groups in total. The van der Waals surface area contributed by atoms with Crippen molar-refractivity contribution >= 4 is 11.6 Å². The van der Waals surface area contributed by atoms with E-state index in [-0.39, 0.29) is 5.54 Å². The molecule has 3 nitrogen and oxygen atoms in total.